The molecule has 0 saturated heterocycles. The van der Waals surface area contributed by atoms with E-state index in [1.165, 1.54) is 30.9 Å². The Labute approximate surface area is 201 Å². The van der Waals surface area contributed by atoms with Gasteiger partial charge in [0.15, 0.2) is 0 Å². The summed E-state index contributed by atoms with van der Waals surface area (Å²) in [5.74, 6) is -0.603. The molecule has 3 aromatic carbocycles. The number of rotatable bonds is 5. The lowest BCUT2D eigenvalue weighted by atomic mass is 10.0. The van der Waals surface area contributed by atoms with E-state index in [0.29, 0.717) is 37.2 Å². The van der Waals surface area contributed by atoms with Crippen molar-refractivity contribution in [3.63, 3.8) is 0 Å². The van der Waals surface area contributed by atoms with Crippen LogP contribution in [0.4, 0.5) is 5.69 Å². The van der Waals surface area contributed by atoms with E-state index in [-0.39, 0.29) is 17.6 Å². The van der Waals surface area contributed by atoms with Crippen LogP contribution in [0.15, 0.2) is 72.8 Å². The standard InChI is InChI=1S/C27H23N3O5/c1-35-27(32)19-11-9-18(10-12-19)16-29-24-8-3-2-7-22(24)23-13-14-28(17-25(23)29)26(31)20-5-4-6-21(15-20)30(33)34/h2-12,15H,13-14,16-17H2,1H3. The molecule has 0 saturated carbocycles. The second-order valence-electron chi connectivity index (χ2n) is 8.50. The molecule has 1 aliphatic rings. The molecule has 1 aliphatic heterocycles. The molecule has 35 heavy (non-hydrogen) atoms. The lowest BCUT2D eigenvalue weighted by Crippen LogP contribution is -2.36. The summed E-state index contributed by atoms with van der Waals surface area (Å²) in [6.07, 6.45) is 0.699. The van der Waals surface area contributed by atoms with Gasteiger partial charge in [0.05, 0.1) is 24.1 Å². The number of nitro benzene ring substituents is 1. The molecule has 2 heterocycles. The van der Waals surface area contributed by atoms with Crippen LogP contribution in [0.5, 0.6) is 0 Å². The third kappa shape index (κ3) is 4.14. The number of esters is 1. The van der Waals surface area contributed by atoms with Crippen molar-refractivity contribution in [2.45, 2.75) is 19.5 Å². The first-order valence-corrected chi connectivity index (χ1v) is 11.3. The highest BCUT2D eigenvalue weighted by Crippen LogP contribution is 2.32. The lowest BCUT2D eigenvalue weighted by molar-refractivity contribution is -0.384. The Morgan fingerprint density at radius 2 is 1.77 bits per heavy atom. The van der Waals surface area contributed by atoms with Gasteiger partial charge in [-0.15, -0.1) is 0 Å². The highest BCUT2D eigenvalue weighted by Gasteiger charge is 2.28. The Hall–Kier alpha value is -4.46. The monoisotopic (exact) mass is 469 g/mol. The van der Waals surface area contributed by atoms with Crippen LogP contribution in [-0.4, -0.2) is 39.9 Å². The van der Waals surface area contributed by atoms with E-state index in [2.05, 4.69) is 16.7 Å². The molecule has 0 unspecified atom stereocenters. The van der Waals surface area contributed by atoms with Crippen molar-refractivity contribution < 1.29 is 19.2 Å². The van der Waals surface area contributed by atoms with Gasteiger partial charge >= 0.3 is 5.97 Å². The van der Waals surface area contributed by atoms with Crippen LogP contribution < -0.4 is 0 Å². The Morgan fingerprint density at radius 1 is 1.00 bits per heavy atom. The van der Waals surface area contributed by atoms with Gasteiger partial charge in [0, 0.05) is 47.4 Å². The number of para-hydroxylation sites is 1. The van der Waals surface area contributed by atoms with Gasteiger partial charge in [-0.25, -0.2) is 4.79 Å². The zero-order chi connectivity index (χ0) is 24.5. The topological polar surface area (TPSA) is 94.7 Å². The van der Waals surface area contributed by atoms with Crippen molar-refractivity contribution in [2.24, 2.45) is 0 Å². The number of aromatic nitrogens is 1. The van der Waals surface area contributed by atoms with Crippen molar-refractivity contribution in [1.29, 1.82) is 0 Å². The third-order valence-electron chi connectivity index (χ3n) is 6.47. The zero-order valence-corrected chi connectivity index (χ0v) is 19.1. The summed E-state index contributed by atoms with van der Waals surface area (Å²) < 4.78 is 7.00. The number of nitrogens with zero attached hydrogens (tertiary/aromatic N) is 3. The van der Waals surface area contributed by atoms with Gasteiger partial charge in [0.2, 0.25) is 0 Å². The Kier molecular flexibility index (Phi) is 5.78. The second-order valence-corrected chi connectivity index (χ2v) is 8.50. The molecule has 0 N–H and O–H groups in total. The minimum Gasteiger partial charge on any atom is -0.465 e. The fraction of sp³-hybridized carbons (Fsp3) is 0.185. The number of hydrogen-bond acceptors (Lipinski definition) is 5. The number of benzene rings is 3. The molecule has 0 atom stereocenters. The van der Waals surface area contributed by atoms with E-state index in [4.69, 9.17) is 4.74 Å². The average Bonchev–Trinajstić information content (AvgIpc) is 3.21. The fourth-order valence-corrected chi connectivity index (χ4v) is 4.73. The first-order chi connectivity index (χ1) is 17.0. The average molecular weight is 469 g/mol. The van der Waals surface area contributed by atoms with Crippen LogP contribution in [0, 0.1) is 10.1 Å². The maximum atomic E-state index is 13.2. The molecule has 8 nitrogen and oxygen atoms in total. The second kappa shape index (κ2) is 9.06. The molecule has 0 radical (unpaired) electrons. The predicted molar refractivity (Wildman–Crippen MR) is 130 cm³/mol. The van der Waals surface area contributed by atoms with Crippen LogP contribution in [0.25, 0.3) is 10.9 Å². The summed E-state index contributed by atoms with van der Waals surface area (Å²) in [6, 6.07) is 21.4. The minimum atomic E-state index is -0.492. The third-order valence-corrected chi connectivity index (χ3v) is 6.47. The van der Waals surface area contributed by atoms with Gasteiger partial charge in [-0.1, -0.05) is 36.4 Å². The quantitative estimate of drug-likeness (QED) is 0.242. The van der Waals surface area contributed by atoms with Gasteiger partial charge < -0.3 is 14.2 Å². The molecule has 176 valence electrons. The van der Waals surface area contributed by atoms with Gasteiger partial charge in [-0.05, 0) is 41.8 Å². The van der Waals surface area contributed by atoms with E-state index in [9.17, 15) is 19.7 Å². The molecule has 5 rings (SSSR count). The van der Waals surface area contributed by atoms with Gasteiger partial charge in [0.1, 0.15) is 0 Å². The van der Waals surface area contributed by atoms with Crippen LogP contribution in [0.3, 0.4) is 0 Å². The molecule has 8 heteroatoms. The number of carbonyl (C=O) groups is 2. The van der Waals surface area contributed by atoms with E-state index in [0.717, 1.165) is 22.2 Å². The summed E-state index contributed by atoms with van der Waals surface area (Å²) in [4.78, 5) is 37.4. The lowest BCUT2D eigenvalue weighted by Gasteiger charge is -2.29. The number of fused-ring (bicyclic) bond motifs is 3. The SMILES string of the molecule is COC(=O)c1ccc(Cn2c3c(c4ccccc42)CCN(C(=O)c2cccc([N+](=O)[O-])c2)C3)cc1. The molecule has 0 aliphatic carbocycles. The number of non-ortho nitro benzene ring substituents is 1. The van der Waals surface area contributed by atoms with Crippen LogP contribution in [0.1, 0.15) is 37.5 Å². The minimum absolute atomic E-state index is 0.0990. The highest BCUT2D eigenvalue weighted by atomic mass is 16.6. The number of ether oxygens (including phenoxy) is 1. The molecule has 1 aromatic heterocycles. The summed E-state index contributed by atoms with van der Waals surface area (Å²) in [5, 5.41) is 12.3. The summed E-state index contributed by atoms with van der Waals surface area (Å²) in [5.41, 5.74) is 5.07. The molecular formula is C27H23N3O5. The molecule has 1 amide bonds. The van der Waals surface area contributed by atoms with Crippen molar-refractivity contribution in [3.8, 4) is 0 Å². The first-order valence-electron chi connectivity index (χ1n) is 11.3. The van der Waals surface area contributed by atoms with Gasteiger partial charge in [-0.2, -0.15) is 0 Å². The number of amides is 1. The first kappa shape index (κ1) is 22.3. The molecule has 0 bridgehead atoms. The van der Waals surface area contributed by atoms with Crippen molar-refractivity contribution in [2.75, 3.05) is 13.7 Å². The summed E-state index contributed by atoms with van der Waals surface area (Å²) >= 11 is 0. The number of methoxy groups -OCH3 is 1. The number of carbonyl (C=O) groups excluding carboxylic acids is 2. The maximum absolute atomic E-state index is 13.2. The fourth-order valence-electron chi connectivity index (χ4n) is 4.73. The Morgan fingerprint density at radius 3 is 2.51 bits per heavy atom. The smallest absolute Gasteiger partial charge is 0.337 e. The molecule has 0 spiro atoms. The normalized spacial score (nSPS) is 12.9. The summed E-state index contributed by atoms with van der Waals surface area (Å²) in [6.45, 7) is 1.53. The predicted octanol–water partition coefficient (Wildman–Crippen LogP) is 4.58. The van der Waals surface area contributed by atoms with Gasteiger partial charge in [-0.3, -0.25) is 14.9 Å². The van der Waals surface area contributed by atoms with Crippen molar-refractivity contribution >= 4 is 28.5 Å². The summed E-state index contributed by atoms with van der Waals surface area (Å²) in [7, 11) is 1.36. The Bertz CT molecular complexity index is 1460. The van der Waals surface area contributed by atoms with E-state index in [1.54, 1.807) is 23.1 Å². The van der Waals surface area contributed by atoms with Crippen molar-refractivity contribution in [1.82, 2.24) is 9.47 Å². The number of hydrogen-bond donors (Lipinski definition) is 0. The highest BCUT2D eigenvalue weighted by molar-refractivity contribution is 5.95. The van der Waals surface area contributed by atoms with Crippen LogP contribution in [-0.2, 0) is 24.2 Å². The van der Waals surface area contributed by atoms with Crippen LogP contribution >= 0.6 is 0 Å². The molecular weight excluding hydrogens is 446 g/mol. The number of nitro groups is 1. The van der Waals surface area contributed by atoms with E-state index < -0.39 is 4.92 Å². The van der Waals surface area contributed by atoms with Crippen LogP contribution in [0.2, 0.25) is 0 Å². The van der Waals surface area contributed by atoms with Crippen molar-refractivity contribution in [3.05, 3.63) is 111 Å². The van der Waals surface area contributed by atoms with E-state index in [1.807, 2.05) is 24.3 Å². The maximum Gasteiger partial charge on any atom is 0.337 e. The van der Waals surface area contributed by atoms with E-state index >= 15 is 0 Å². The Balaban J connectivity index is 1.48. The molecule has 0 fully saturated rings. The zero-order valence-electron chi connectivity index (χ0n) is 19.1. The molecule has 4 aromatic rings. The largest absolute Gasteiger partial charge is 0.465 e. The van der Waals surface area contributed by atoms with Gasteiger partial charge in [0.25, 0.3) is 11.6 Å².